The Morgan fingerprint density at radius 1 is 1.26 bits per heavy atom. The van der Waals surface area contributed by atoms with Crippen molar-refractivity contribution in [2.45, 2.75) is 26.3 Å². The Labute approximate surface area is 136 Å². The molecule has 6 nitrogen and oxygen atoms in total. The fraction of sp³-hybridized carbons (Fsp3) is 0.529. The summed E-state index contributed by atoms with van der Waals surface area (Å²) < 4.78 is 16.0. The fourth-order valence-corrected chi connectivity index (χ4v) is 3.03. The van der Waals surface area contributed by atoms with Gasteiger partial charge in [-0.2, -0.15) is 4.98 Å². The number of piperidine rings is 1. The lowest BCUT2D eigenvalue weighted by Crippen LogP contribution is -2.33. The van der Waals surface area contributed by atoms with E-state index >= 15 is 0 Å². The molecule has 0 radical (unpaired) electrons. The van der Waals surface area contributed by atoms with E-state index in [2.05, 4.69) is 22.0 Å². The van der Waals surface area contributed by atoms with Crippen LogP contribution < -0.4 is 9.47 Å². The fourth-order valence-electron chi connectivity index (χ4n) is 3.03. The van der Waals surface area contributed by atoms with E-state index in [-0.39, 0.29) is 0 Å². The molecule has 0 aliphatic carbocycles. The molecule has 0 saturated carbocycles. The number of methoxy groups -OCH3 is 2. The lowest BCUT2D eigenvalue weighted by atomic mass is 10.0. The summed E-state index contributed by atoms with van der Waals surface area (Å²) in [6, 6.07) is 5.60. The molecule has 1 fully saturated rings. The molecule has 1 atom stereocenters. The van der Waals surface area contributed by atoms with Gasteiger partial charge in [0.25, 0.3) is 0 Å². The van der Waals surface area contributed by atoms with Crippen LogP contribution in [0.2, 0.25) is 0 Å². The van der Waals surface area contributed by atoms with Gasteiger partial charge in [0.2, 0.25) is 11.7 Å². The van der Waals surface area contributed by atoms with Gasteiger partial charge in [-0.15, -0.1) is 0 Å². The van der Waals surface area contributed by atoms with Crippen LogP contribution in [0.5, 0.6) is 11.5 Å². The van der Waals surface area contributed by atoms with E-state index in [1.165, 1.54) is 12.8 Å². The summed E-state index contributed by atoms with van der Waals surface area (Å²) in [6.45, 7) is 5.19. The first-order valence-corrected chi connectivity index (χ1v) is 7.97. The van der Waals surface area contributed by atoms with Gasteiger partial charge in [0.1, 0.15) is 0 Å². The van der Waals surface area contributed by atoms with Crippen LogP contribution in [0.3, 0.4) is 0 Å². The molecule has 23 heavy (non-hydrogen) atoms. The molecular formula is C17H23N3O3. The minimum Gasteiger partial charge on any atom is -0.493 e. The van der Waals surface area contributed by atoms with Crippen LogP contribution in [0.15, 0.2) is 22.7 Å². The number of rotatable bonds is 5. The third-order valence-corrected chi connectivity index (χ3v) is 4.21. The molecule has 1 aliphatic heterocycles. The molecule has 0 unspecified atom stereocenters. The molecule has 0 N–H and O–H groups in total. The van der Waals surface area contributed by atoms with Gasteiger partial charge in [0, 0.05) is 12.1 Å². The van der Waals surface area contributed by atoms with Gasteiger partial charge in [-0.25, -0.2) is 0 Å². The Morgan fingerprint density at radius 2 is 2.09 bits per heavy atom. The zero-order valence-corrected chi connectivity index (χ0v) is 13.9. The van der Waals surface area contributed by atoms with Crippen molar-refractivity contribution >= 4 is 0 Å². The first-order chi connectivity index (χ1) is 11.2. The van der Waals surface area contributed by atoms with E-state index in [0.29, 0.717) is 29.8 Å². The summed E-state index contributed by atoms with van der Waals surface area (Å²) >= 11 is 0. The highest BCUT2D eigenvalue weighted by atomic mass is 16.5. The predicted molar refractivity (Wildman–Crippen MR) is 86.5 cm³/mol. The van der Waals surface area contributed by atoms with Crippen molar-refractivity contribution in [2.24, 2.45) is 5.92 Å². The topological polar surface area (TPSA) is 60.6 Å². The lowest BCUT2D eigenvalue weighted by molar-refractivity contribution is 0.157. The molecule has 124 valence electrons. The molecule has 1 aromatic heterocycles. The first-order valence-electron chi connectivity index (χ1n) is 7.97. The first kappa shape index (κ1) is 15.8. The number of likely N-dealkylation sites (tertiary alicyclic amines) is 1. The third-order valence-electron chi connectivity index (χ3n) is 4.21. The van der Waals surface area contributed by atoms with Gasteiger partial charge < -0.3 is 14.0 Å². The van der Waals surface area contributed by atoms with Crippen LogP contribution in [0.4, 0.5) is 0 Å². The van der Waals surface area contributed by atoms with Crippen molar-refractivity contribution in [3.8, 4) is 22.9 Å². The molecule has 2 heterocycles. The van der Waals surface area contributed by atoms with Crippen molar-refractivity contribution in [3.05, 3.63) is 24.1 Å². The smallest absolute Gasteiger partial charge is 0.241 e. The monoisotopic (exact) mass is 317 g/mol. The van der Waals surface area contributed by atoms with Gasteiger partial charge in [-0.1, -0.05) is 12.1 Å². The van der Waals surface area contributed by atoms with E-state index in [0.717, 1.165) is 24.6 Å². The van der Waals surface area contributed by atoms with E-state index in [1.54, 1.807) is 14.2 Å². The SMILES string of the molecule is COc1ccc(-c2noc(CN3CCC[C@@H](C)C3)n2)cc1OC. The third kappa shape index (κ3) is 3.64. The predicted octanol–water partition coefficient (Wildman–Crippen LogP) is 2.99. The van der Waals surface area contributed by atoms with Gasteiger partial charge in [0.05, 0.1) is 20.8 Å². The van der Waals surface area contributed by atoms with E-state index in [9.17, 15) is 0 Å². The highest BCUT2D eigenvalue weighted by molar-refractivity contribution is 5.60. The van der Waals surface area contributed by atoms with Crippen LogP contribution in [0.25, 0.3) is 11.4 Å². The van der Waals surface area contributed by atoms with Gasteiger partial charge >= 0.3 is 0 Å². The van der Waals surface area contributed by atoms with Crippen LogP contribution in [-0.4, -0.2) is 42.3 Å². The number of hydrogen-bond donors (Lipinski definition) is 0. The van der Waals surface area contributed by atoms with Crippen LogP contribution >= 0.6 is 0 Å². The molecule has 3 rings (SSSR count). The maximum atomic E-state index is 5.41. The summed E-state index contributed by atoms with van der Waals surface area (Å²) in [4.78, 5) is 6.89. The molecule has 0 amide bonds. The largest absolute Gasteiger partial charge is 0.493 e. The van der Waals surface area contributed by atoms with E-state index in [4.69, 9.17) is 14.0 Å². The zero-order chi connectivity index (χ0) is 16.2. The van der Waals surface area contributed by atoms with Gasteiger partial charge in [-0.05, 0) is 43.5 Å². The Balaban J connectivity index is 1.74. The average Bonchev–Trinajstić information content (AvgIpc) is 3.02. The number of ether oxygens (including phenoxy) is 2. The quantitative estimate of drug-likeness (QED) is 0.845. The second-order valence-corrected chi connectivity index (χ2v) is 6.06. The Kier molecular flexibility index (Phi) is 4.81. The van der Waals surface area contributed by atoms with Crippen molar-refractivity contribution in [1.29, 1.82) is 0 Å². The molecular weight excluding hydrogens is 294 g/mol. The van der Waals surface area contributed by atoms with Crippen molar-refractivity contribution < 1.29 is 14.0 Å². The highest BCUT2D eigenvalue weighted by Gasteiger charge is 2.19. The molecule has 0 spiro atoms. The van der Waals surface area contributed by atoms with Crippen molar-refractivity contribution in [1.82, 2.24) is 15.0 Å². The van der Waals surface area contributed by atoms with E-state index in [1.807, 2.05) is 18.2 Å². The molecule has 6 heteroatoms. The Morgan fingerprint density at radius 3 is 2.83 bits per heavy atom. The molecule has 0 bridgehead atoms. The average molecular weight is 317 g/mol. The van der Waals surface area contributed by atoms with Crippen molar-refractivity contribution in [2.75, 3.05) is 27.3 Å². The number of benzene rings is 1. The number of aromatic nitrogens is 2. The molecule has 2 aromatic rings. The summed E-state index contributed by atoms with van der Waals surface area (Å²) in [5, 5.41) is 4.09. The van der Waals surface area contributed by atoms with Crippen LogP contribution in [0, 0.1) is 5.92 Å². The summed E-state index contributed by atoms with van der Waals surface area (Å²) in [7, 11) is 3.23. The van der Waals surface area contributed by atoms with E-state index < -0.39 is 0 Å². The lowest BCUT2D eigenvalue weighted by Gasteiger charge is -2.29. The molecule has 1 aliphatic rings. The summed E-state index contributed by atoms with van der Waals surface area (Å²) in [6.07, 6.45) is 2.54. The summed E-state index contributed by atoms with van der Waals surface area (Å²) in [5.74, 6) is 3.30. The molecule has 1 aromatic carbocycles. The molecule has 1 saturated heterocycles. The van der Waals surface area contributed by atoms with Crippen LogP contribution in [-0.2, 0) is 6.54 Å². The van der Waals surface area contributed by atoms with Gasteiger partial charge in [0.15, 0.2) is 11.5 Å². The minimum absolute atomic E-state index is 0.575. The van der Waals surface area contributed by atoms with Gasteiger partial charge in [-0.3, -0.25) is 4.90 Å². The number of nitrogens with zero attached hydrogens (tertiary/aromatic N) is 3. The van der Waals surface area contributed by atoms with Crippen LogP contribution in [0.1, 0.15) is 25.7 Å². The zero-order valence-electron chi connectivity index (χ0n) is 13.9. The second-order valence-electron chi connectivity index (χ2n) is 6.06. The standard InChI is InChI=1S/C17H23N3O3/c1-12-5-4-8-20(10-12)11-16-18-17(19-23-16)13-6-7-14(21-2)15(9-13)22-3/h6-7,9,12H,4-5,8,10-11H2,1-3H3/t12-/m1/s1. The highest BCUT2D eigenvalue weighted by Crippen LogP contribution is 2.31. The Hall–Kier alpha value is -2.08. The Bertz CT molecular complexity index is 656. The maximum Gasteiger partial charge on any atom is 0.241 e. The maximum absolute atomic E-state index is 5.41. The summed E-state index contributed by atoms with van der Waals surface area (Å²) in [5.41, 5.74) is 0.852. The number of hydrogen-bond acceptors (Lipinski definition) is 6. The second kappa shape index (κ2) is 7.00. The normalized spacial score (nSPS) is 18.8. The minimum atomic E-state index is 0.575. The van der Waals surface area contributed by atoms with Crippen molar-refractivity contribution in [3.63, 3.8) is 0 Å².